The molecule has 1 atom stereocenters. The van der Waals surface area contributed by atoms with Crippen LogP contribution in [0, 0.1) is 5.41 Å². The molecule has 6 aromatic carbocycles. The molecular formula is C45H44O4. The minimum atomic E-state index is -1.35. The lowest BCUT2D eigenvalue weighted by Crippen LogP contribution is -2.43. The summed E-state index contributed by atoms with van der Waals surface area (Å²) in [5.41, 5.74) is 8.53. The average Bonchev–Trinajstić information content (AvgIpc) is 3.15. The molecule has 0 bridgehead atoms. The Morgan fingerprint density at radius 1 is 0.408 bits per heavy atom. The SMILES string of the molecule is OCC(CO)(CO)C(Oc1ccc(Cc2ccccc2)cc1Cc1ccccc1)c1ccc(Cc2ccccc2)cc1Cc1ccccc1. The van der Waals surface area contributed by atoms with E-state index in [1.807, 2.05) is 54.6 Å². The number of aliphatic hydroxyl groups is 3. The van der Waals surface area contributed by atoms with Crippen LogP contribution in [0.3, 0.4) is 0 Å². The smallest absolute Gasteiger partial charge is 0.136 e. The number of ether oxygens (including phenoxy) is 1. The largest absolute Gasteiger partial charge is 0.485 e. The second-order valence-corrected chi connectivity index (χ2v) is 13.0. The predicted molar refractivity (Wildman–Crippen MR) is 197 cm³/mol. The second-order valence-electron chi connectivity index (χ2n) is 13.0. The lowest BCUT2D eigenvalue weighted by atomic mass is 9.78. The summed E-state index contributed by atoms with van der Waals surface area (Å²) in [5.74, 6) is 0.657. The van der Waals surface area contributed by atoms with Gasteiger partial charge in [0, 0.05) is 6.42 Å². The third kappa shape index (κ3) is 8.54. The molecule has 3 N–H and O–H groups in total. The molecule has 0 radical (unpaired) electrons. The van der Waals surface area contributed by atoms with Gasteiger partial charge in [-0.3, -0.25) is 0 Å². The summed E-state index contributed by atoms with van der Waals surface area (Å²) in [6.45, 7) is -1.37. The molecule has 0 aliphatic rings. The fourth-order valence-corrected chi connectivity index (χ4v) is 6.51. The molecule has 0 spiro atoms. The third-order valence-electron chi connectivity index (χ3n) is 9.34. The monoisotopic (exact) mass is 648 g/mol. The third-order valence-corrected chi connectivity index (χ3v) is 9.34. The summed E-state index contributed by atoms with van der Waals surface area (Å²) in [6, 6.07) is 54.0. The van der Waals surface area contributed by atoms with E-state index in [9.17, 15) is 15.3 Å². The Hall–Kier alpha value is -5.00. The summed E-state index contributed by atoms with van der Waals surface area (Å²) >= 11 is 0. The topological polar surface area (TPSA) is 69.9 Å². The minimum Gasteiger partial charge on any atom is -0.485 e. The first-order chi connectivity index (χ1) is 24.1. The molecule has 0 aliphatic carbocycles. The zero-order valence-electron chi connectivity index (χ0n) is 27.8. The van der Waals surface area contributed by atoms with E-state index in [0.717, 1.165) is 51.8 Å². The quantitative estimate of drug-likeness (QED) is 0.105. The Balaban J connectivity index is 1.44. The van der Waals surface area contributed by atoms with E-state index in [2.05, 4.69) is 103 Å². The van der Waals surface area contributed by atoms with Gasteiger partial charge in [0.25, 0.3) is 0 Å². The van der Waals surface area contributed by atoms with Crippen molar-refractivity contribution in [2.45, 2.75) is 31.8 Å². The standard InChI is InChI=1S/C45H44O4/c46-31-45(32-47,33-48)44(42-23-21-38(25-34-13-5-1-6-14-34)29-40(42)27-36-17-9-3-10-18-36)49-43-24-22-39(26-35-15-7-2-8-16-35)30-41(43)28-37-19-11-4-12-20-37/h1-24,29-30,44,46-48H,25-28,31-33H2. The van der Waals surface area contributed by atoms with Crippen LogP contribution in [0.1, 0.15) is 56.2 Å². The Labute approximate surface area is 289 Å². The molecule has 0 heterocycles. The first-order valence-corrected chi connectivity index (χ1v) is 17.0. The maximum absolute atomic E-state index is 10.8. The average molecular weight is 649 g/mol. The highest BCUT2D eigenvalue weighted by Gasteiger charge is 2.42. The van der Waals surface area contributed by atoms with Gasteiger partial charge in [0.2, 0.25) is 0 Å². The highest BCUT2D eigenvalue weighted by molar-refractivity contribution is 5.45. The highest BCUT2D eigenvalue weighted by Crippen LogP contribution is 2.41. The van der Waals surface area contributed by atoms with Crippen LogP contribution >= 0.6 is 0 Å². The summed E-state index contributed by atoms with van der Waals surface area (Å²) in [7, 11) is 0. The number of rotatable bonds is 15. The van der Waals surface area contributed by atoms with Crippen molar-refractivity contribution in [1.82, 2.24) is 0 Å². The maximum Gasteiger partial charge on any atom is 0.136 e. The van der Waals surface area contributed by atoms with Gasteiger partial charge in [0.1, 0.15) is 11.9 Å². The van der Waals surface area contributed by atoms with E-state index in [1.165, 1.54) is 11.1 Å². The number of hydrogen-bond acceptors (Lipinski definition) is 4. The van der Waals surface area contributed by atoms with Gasteiger partial charge >= 0.3 is 0 Å². The van der Waals surface area contributed by atoms with Crippen LogP contribution in [0.25, 0.3) is 0 Å². The maximum atomic E-state index is 10.8. The van der Waals surface area contributed by atoms with Crippen LogP contribution in [0.4, 0.5) is 0 Å². The Kier molecular flexibility index (Phi) is 11.3. The lowest BCUT2D eigenvalue weighted by Gasteiger charge is -2.38. The zero-order valence-corrected chi connectivity index (χ0v) is 27.8. The van der Waals surface area contributed by atoms with E-state index in [1.54, 1.807) is 0 Å². The van der Waals surface area contributed by atoms with Crippen LogP contribution in [-0.2, 0) is 25.7 Å². The van der Waals surface area contributed by atoms with Crippen molar-refractivity contribution >= 4 is 0 Å². The predicted octanol–water partition coefficient (Wildman–Crippen LogP) is 8.13. The van der Waals surface area contributed by atoms with Gasteiger partial charge < -0.3 is 20.1 Å². The fourth-order valence-electron chi connectivity index (χ4n) is 6.51. The number of hydrogen-bond donors (Lipinski definition) is 3. The molecule has 0 aliphatic heterocycles. The second kappa shape index (κ2) is 16.4. The molecule has 0 fully saturated rings. The minimum absolute atomic E-state index is 0.457. The molecule has 0 saturated heterocycles. The highest BCUT2D eigenvalue weighted by atomic mass is 16.5. The van der Waals surface area contributed by atoms with Gasteiger partial charge in [-0.2, -0.15) is 0 Å². The summed E-state index contributed by atoms with van der Waals surface area (Å²) < 4.78 is 7.00. The Morgan fingerprint density at radius 3 is 1.24 bits per heavy atom. The van der Waals surface area contributed by atoms with Crippen LogP contribution in [0.15, 0.2) is 158 Å². The van der Waals surface area contributed by atoms with Gasteiger partial charge in [-0.1, -0.05) is 152 Å². The normalized spacial score (nSPS) is 12.1. The summed E-state index contributed by atoms with van der Waals surface area (Å²) in [5, 5.41) is 32.5. The molecular weight excluding hydrogens is 604 g/mol. The van der Waals surface area contributed by atoms with Crippen molar-refractivity contribution < 1.29 is 20.1 Å². The van der Waals surface area contributed by atoms with E-state index < -0.39 is 31.3 Å². The van der Waals surface area contributed by atoms with Crippen LogP contribution in [-0.4, -0.2) is 35.1 Å². The van der Waals surface area contributed by atoms with E-state index in [4.69, 9.17) is 4.74 Å². The molecule has 6 rings (SSSR count). The molecule has 4 heteroatoms. The van der Waals surface area contributed by atoms with Crippen LogP contribution in [0.2, 0.25) is 0 Å². The molecule has 0 aromatic heterocycles. The van der Waals surface area contributed by atoms with Gasteiger partial charge in [-0.15, -0.1) is 0 Å². The Bertz CT molecular complexity index is 1880. The lowest BCUT2D eigenvalue weighted by molar-refractivity contribution is -0.0747. The van der Waals surface area contributed by atoms with E-state index in [-0.39, 0.29) is 0 Å². The van der Waals surface area contributed by atoms with Crippen LogP contribution < -0.4 is 4.74 Å². The van der Waals surface area contributed by atoms with E-state index in [0.29, 0.717) is 18.6 Å². The number of benzene rings is 6. The first-order valence-electron chi connectivity index (χ1n) is 17.0. The molecule has 1 unspecified atom stereocenters. The van der Waals surface area contributed by atoms with Crippen molar-refractivity contribution in [3.05, 3.63) is 208 Å². The van der Waals surface area contributed by atoms with Gasteiger partial charge in [0.15, 0.2) is 0 Å². The van der Waals surface area contributed by atoms with Gasteiger partial charge in [-0.25, -0.2) is 0 Å². The van der Waals surface area contributed by atoms with Crippen molar-refractivity contribution in [2.24, 2.45) is 5.41 Å². The van der Waals surface area contributed by atoms with Gasteiger partial charge in [0.05, 0.1) is 25.2 Å². The first kappa shape index (κ1) is 33.9. The molecule has 248 valence electrons. The molecule has 6 aromatic rings. The fraction of sp³-hybridized carbons (Fsp3) is 0.200. The summed E-state index contributed by atoms with van der Waals surface area (Å²) in [4.78, 5) is 0. The molecule has 0 saturated carbocycles. The van der Waals surface area contributed by atoms with Crippen molar-refractivity contribution in [2.75, 3.05) is 19.8 Å². The summed E-state index contributed by atoms with van der Waals surface area (Å²) in [6.07, 6.45) is 1.98. The molecule has 49 heavy (non-hydrogen) atoms. The van der Waals surface area contributed by atoms with Crippen molar-refractivity contribution in [3.8, 4) is 5.75 Å². The van der Waals surface area contributed by atoms with E-state index >= 15 is 0 Å². The Morgan fingerprint density at radius 2 is 0.796 bits per heavy atom. The number of aliphatic hydroxyl groups excluding tert-OH is 3. The van der Waals surface area contributed by atoms with Gasteiger partial charge in [-0.05, 0) is 75.4 Å². The van der Waals surface area contributed by atoms with Crippen molar-refractivity contribution in [3.63, 3.8) is 0 Å². The van der Waals surface area contributed by atoms with Crippen molar-refractivity contribution in [1.29, 1.82) is 0 Å². The molecule has 4 nitrogen and oxygen atoms in total. The van der Waals surface area contributed by atoms with Crippen LogP contribution in [0.5, 0.6) is 5.75 Å². The zero-order chi connectivity index (χ0) is 33.9. The molecule has 0 amide bonds.